The Balaban J connectivity index is 1.62. The molecule has 4 rings (SSSR count). The monoisotopic (exact) mass is 402 g/mol. The first-order valence-corrected chi connectivity index (χ1v) is 10.6. The Morgan fingerprint density at radius 2 is 1.87 bits per heavy atom. The Hall–Kier alpha value is -2.83. The minimum Gasteiger partial charge on any atom is -0.368 e. The third-order valence-electron chi connectivity index (χ3n) is 5.90. The maximum Gasteiger partial charge on any atom is 0.0914 e. The van der Waals surface area contributed by atoms with Crippen LogP contribution in [0.2, 0.25) is 0 Å². The Morgan fingerprint density at radius 3 is 2.57 bits per heavy atom. The van der Waals surface area contributed by atoms with Crippen molar-refractivity contribution in [1.29, 1.82) is 0 Å². The second-order valence-electron chi connectivity index (χ2n) is 8.09. The van der Waals surface area contributed by atoms with Crippen molar-refractivity contribution in [2.75, 3.05) is 37.6 Å². The molecular formula is C24H30N6. The molecule has 156 valence electrons. The van der Waals surface area contributed by atoms with Crippen LogP contribution in [-0.4, -0.2) is 60.4 Å². The summed E-state index contributed by atoms with van der Waals surface area (Å²) in [6.07, 6.45) is 2.76. The molecule has 3 aromatic rings. The lowest BCUT2D eigenvalue weighted by molar-refractivity contribution is 0.209. The highest BCUT2D eigenvalue weighted by molar-refractivity contribution is 5.81. The van der Waals surface area contributed by atoms with Gasteiger partial charge in [-0.3, -0.25) is 14.9 Å². The molecule has 0 aliphatic carbocycles. The van der Waals surface area contributed by atoms with Crippen LogP contribution in [0.25, 0.3) is 22.3 Å². The van der Waals surface area contributed by atoms with Gasteiger partial charge in [0, 0.05) is 37.8 Å². The van der Waals surface area contributed by atoms with Crippen LogP contribution in [0.4, 0.5) is 11.4 Å². The second kappa shape index (κ2) is 8.90. The van der Waals surface area contributed by atoms with E-state index in [9.17, 15) is 0 Å². The number of hydrogen-bond donors (Lipinski definition) is 1. The van der Waals surface area contributed by atoms with Crippen LogP contribution in [0.3, 0.4) is 0 Å². The van der Waals surface area contributed by atoms with E-state index in [1.54, 1.807) is 0 Å². The third kappa shape index (κ3) is 4.20. The van der Waals surface area contributed by atoms with Gasteiger partial charge in [0.05, 0.1) is 34.3 Å². The second-order valence-corrected chi connectivity index (χ2v) is 8.09. The largest absolute Gasteiger partial charge is 0.368 e. The predicted molar refractivity (Wildman–Crippen MR) is 126 cm³/mol. The zero-order valence-corrected chi connectivity index (χ0v) is 17.9. The number of anilines is 1. The highest BCUT2D eigenvalue weighted by Crippen LogP contribution is 2.28. The molecule has 0 unspecified atom stereocenters. The molecule has 0 amide bonds. The van der Waals surface area contributed by atoms with E-state index in [1.165, 1.54) is 0 Å². The standard InChI is InChI=1S/C24H30N6/c1-17(2)29-10-12-30(13-11-29)20-15-24-22(27-16-20)7-6-21(28-24)19-5-4-18(8-9-25)23(14-19)26-3/h4-7,14-17H,3,8-13,25H2,1-2H3. The van der Waals surface area contributed by atoms with Crippen LogP contribution in [0.15, 0.2) is 47.6 Å². The molecule has 2 aromatic heterocycles. The maximum absolute atomic E-state index is 5.71. The van der Waals surface area contributed by atoms with Gasteiger partial charge in [0.2, 0.25) is 0 Å². The van der Waals surface area contributed by atoms with Gasteiger partial charge >= 0.3 is 0 Å². The highest BCUT2D eigenvalue weighted by atomic mass is 15.3. The molecule has 6 heteroatoms. The van der Waals surface area contributed by atoms with Crippen molar-refractivity contribution in [3.63, 3.8) is 0 Å². The van der Waals surface area contributed by atoms with Crippen molar-refractivity contribution in [2.24, 2.45) is 10.7 Å². The summed E-state index contributed by atoms with van der Waals surface area (Å²) in [6, 6.07) is 13.0. The smallest absolute Gasteiger partial charge is 0.0914 e. The fraction of sp³-hybridized carbons (Fsp3) is 0.375. The SMILES string of the molecule is C=Nc1cc(-c2ccc3ncc(N4CCN(C(C)C)CC4)cc3n2)ccc1CCN. The number of piperazine rings is 1. The number of nitrogens with zero attached hydrogens (tertiary/aromatic N) is 5. The van der Waals surface area contributed by atoms with Gasteiger partial charge in [-0.2, -0.15) is 0 Å². The first-order valence-electron chi connectivity index (χ1n) is 10.6. The van der Waals surface area contributed by atoms with Crippen molar-refractivity contribution in [3.05, 3.63) is 48.2 Å². The van der Waals surface area contributed by atoms with E-state index in [4.69, 9.17) is 10.7 Å². The molecular weight excluding hydrogens is 372 g/mol. The van der Waals surface area contributed by atoms with Crippen LogP contribution in [0, 0.1) is 0 Å². The van der Waals surface area contributed by atoms with Gasteiger partial charge in [-0.25, -0.2) is 4.98 Å². The summed E-state index contributed by atoms with van der Waals surface area (Å²) in [4.78, 5) is 18.7. The minimum atomic E-state index is 0.593. The van der Waals surface area contributed by atoms with Gasteiger partial charge in [0.1, 0.15) is 0 Å². The number of hydrogen-bond acceptors (Lipinski definition) is 6. The normalized spacial score (nSPS) is 15.1. The zero-order chi connectivity index (χ0) is 21.1. The quantitative estimate of drug-likeness (QED) is 0.637. The van der Waals surface area contributed by atoms with Crippen LogP contribution in [0.1, 0.15) is 19.4 Å². The highest BCUT2D eigenvalue weighted by Gasteiger charge is 2.19. The van der Waals surface area contributed by atoms with Gasteiger partial charge < -0.3 is 10.6 Å². The Kier molecular flexibility index (Phi) is 6.06. The van der Waals surface area contributed by atoms with Gasteiger partial charge in [-0.05, 0) is 63.4 Å². The van der Waals surface area contributed by atoms with Gasteiger partial charge in [0.15, 0.2) is 0 Å². The lowest BCUT2D eigenvalue weighted by Crippen LogP contribution is -2.48. The fourth-order valence-electron chi connectivity index (χ4n) is 4.06. The number of pyridine rings is 2. The van der Waals surface area contributed by atoms with Crippen molar-refractivity contribution >= 4 is 29.1 Å². The molecule has 3 heterocycles. The topological polar surface area (TPSA) is 70.6 Å². The molecule has 0 bridgehead atoms. The summed E-state index contributed by atoms with van der Waals surface area (Å²) in [5.41, 5.74) is 12.6. The number of rotatable bonds is 6. The number of benzene rings is 1. The summed E-state index contributed by atoms with van der Waals surface area (Å²) >= 11 is 0. The third-order valence-corrected chi connectivity index (χ3v) is 5.90. The summed E-state index contributed by atoms with van der Waals surface area (Å²) < 4.78 is 0. The summed E-state index contributed by atoms with van der Waals surface area (Å²) in [6.45, 7) is 13.0. The summed E-state index contributed by atoms with van der Waals surface area (Å²) in [7, 11) is 0. The lowest BCUT2D eigenvalue weighted by Gasteiger charge is -2.38. The average molecular weight is 403 g/mol. The maximum atomic E-state index is 5.71. The molecule has 0 saturated carbocycles. The number of fused-ring (bicyclic) bond motifs is 1. The van der Waals surface area contributed by atoms with Gasteiger partial charge in [-0.15, -0.1) is 0 Å². The number of aromatic nitrogens is 2. The van der Waals surface area contributed by atoms with Crippen molar-refractivity contribution in [1.82, 2.24) is 14.9 Å². The first-order chi connectivity index (χ1) is 14.6. The minimum absolute atomic E-state index is 0.593. The van der Waals surface area contributed by atoms with Crippen molar-refractivity contribution in [3.8, 4) is 11.3 Å². The number of nitrogens with two attached hydrogens (primary N) is 1. The van der Waals surface area contributed by atoms with Crippen LogP contribution in [-0.2, 0) is 6.42 Å². The van der Waals surface area contributed by atoms with Crippen molar-refractivity contribution in [2.45, 2.75) is 26.3 Å². The first kappa shape index (κ1) is 20.4. The summed E-state index contributed by atoms with van der Waals surface area (Å²) in [5.74, 6) is 0. The van der Waals surface area contributed by atoms with E-state index in [0.29, 0.717) is 12.6 Å². The molecule has 1 aromatic carbocycles. The molecule has 0 spiro atoms. The zero-order valence-electron chi connectivity index (χ0n) is 17.9. The molecule has 1 aliphatic rings. The Bertz CT molecular complexity index is 1040. The van der Waals surface area contributed by atoms with E-state index in [0.717, 1.165) is 71.8 Å². The number of aliphatic imine (C=N–C) groups is 1. The summed E-state index contributed by atoms with van der Waals surface area (Å²) in [5, 5.41) is 0. The van der Waals surface area contributed by atoms with E-state index in [2.05, 4.69) is 58.5 Å². The molecule has 2 N–H and O–H groups in total. The molecule has 0 radical (unpaired) electrons. The van der Waals surface area contributed by atoms with Crippen LogP contribution >= 0.6 is 0 Å². The molecule has 6 nitrogen and oxygen atoms in total. The van der Waals surface area contributed by atoms with E-state index in [1.807, 2.05) is 24.4 Å². The molecule has 1 saturated heterocycles. The average Bonchev–Trinajstić information content (AvgIpc) is 2.79. The van der Waals surface area contributed by atoms with Crippen LogP contribution in [0.5, 0.6) is 0 Å². The molecule has 0 atom stereocenters. The molecule has 1 fully saturated rings. The lowest BCUT2D eigenvalue weighted by atomic mass is 10.0. The van der Waals surface area contributed by atoms with Crippen LogP contribution < -0.4 is 10.6 Å². The van der Waals surface area contributed by atoms with Crippen molar-refractivity contribution < 1.29 is 0 Å². The van der Waals surface area contributed by atoms with E-state index in [-0.39, 0.29) is 0 Å². The Morgan fingerprint density at radius 1 is 1.07 bits per heavy atom. The van der Waals surface area contributed by atoms with Gasteiger partial charge in [0.25, 0.3) is 0 Å². The molecule has 1 aliphatic heterocycles. The molecule has 30 heavy (non-hydrogen) atoms. The van der Waals surface area contributed by atoms with E-state index >= 15 is 0 Å². The van der Waals surface area contributed by atoms with E-state index < -0.39 is 0 Å². The fourth-order valence-corrected chi connectivity index (χ4v) is 4.06. The Labute approximate surface area is 178 Å². The van der Waals surface area contributed by atoms with Gasteiger partial charge in [-0.1, -0.05) is 12.1 Å². The predicted octanol–water partition coefficient (Wildman–Crippen LogP) is 3.66.